The third-order valence-corrected chi connectivity index (χ3v) is 8.44. The van der Waals surface area contributed by atoms with Crippen molar-refractivity contribution < 1.29 is 14.3 Å². The molecule has 5 rings (SSSR count). The number of hydrogen-bond donors (Lipinski definition) is 0. The molecule has 206 valence electrons. The van der Waals surface area contributed by atoms with Crippen LogP contribution in [0.4, 0.5) is 0 Å². The highest BCUT2D eigenvalue weighted by Gasteiger charge is 2.39. The van der Waals surface area contributed by atoms with Crippen LogP contribution in [0.5, 0.6) is 11.5 Å². The van der Waals surface area contributed by atoms with Crippen molar-refractivity contribution in [1.82, 2.24) is 14.7 Å². The molecule has 6 heteroatoms. The minimum absolute atomic E-state index is 0.137. The second-order valence-electron chi connectivity index (χ2n) is 11.0. The van der Waals surface area contributed by atoms with Gasteiger partial charge in [-0.25, -0.2) is 0 Å². The molecule has 0 atom stereocenters. The summed E-state index contributed by atoms with van der Waals surface area (Å²) in [6.07, 6.45) is 3.19. The molecule has 0 bridgehead atoms. The van der Waals surface area contributed by atoms with Crippen molar-refractivity contribution in [3.63, 3.8) is 0 Å². The number of hydrogen-bond acceptors (Lipinski definition) is 5. The van der Waals surface area contributed by atoms with Crippen LogP contribution in [0.3, 0.4) is 0 Å². The second-order valence-corrected chi connectivity index (χ2v) is 11.0. The lowest BCUT2D eigenvalue weighted by molar-refractivity contribution is 0.0762. The fourth-order valence-corrected chi connectivity index (χ4v) is 6.23. The normalized spacial score (nSPS) is 18.4. The lowest BCUT2D eigenvalue weighted by atomic mass is 9.69. The lowest BCUT2D eigenvalue weighted by Crippen LogP contribution is -2.46. The zero-order valence-electron chi connectivity index (χ0n) is 23.6. The molecule has 2 fully saturated rings. The third kappa shape index (κ3) is 6.13. The Hall–Kier alpha value is -3.35. The lowest BCUT2D eigenvalue weighted by Gasteiger charge is -2.44. The van der Waals surface area contributed by atoms with Gasteiger partial charge in [-0.2, -0.15) is 0 Å². The molecule has 0 N–H and O–H groups in total. The molecule has 3 aromatic rings. The number of nitrogens with zero attached hydrogens (tertiary/aromatic N) is 3. The maximum absolute atomic E-state index is 13.4. The van der Waals surface area contributed by atoms with E-state index in [1.54, 1.807) is 14.2 Å². The monoisotopic (exact) mass is 527 g/mol. The third-order valence-electron chi connectivity index (χ3n) is 8.44. The van der Waals surface area contributed by atoms with E-state index < -0.39 is 0 Å². The molecule has 2 aliphatic heterocycles. The fourth-order valence-electron chi connectivity index (χ4n) is 6.23. The van der Waals surface area contributed by atoms with E-state index >= 15 is 0 Å². The molecule has 0 aliphatic carbocycles. The zero-order chi connectivity index (χ0) is 27.2. The first-order valence-corrected chi connectivity index (χ1v) is 14.1. The first kappa shape index (κ1) is 27.2. The number of amides is 1. The van der Waals surface area contributed by atoms with E-state index in [9.17, 15) is 4.79 Å². The molecule has 0 spiro atoms. The Labute approximate surface area is 233 Å². The van der Waals surface area contributed by atoms with Crippen LogP contribution in [0, 0.1) is 0 Å². The van der Waals surface area contributed by atoms with Gasteiger partial charge in [-0.15, -0.1) is 0 Å². The zero-order valence-corrected chi connectivity index (χ0v) is 23.6. The van der Waals surface area contributed by atoms with Gasteiger partial charge in [-0.3, -0.25) is 9.69 Å². The minimum atomic E-state index is -0.137. The van der Waals surface area contributed by atoms with E-state index in [4.69, 9.17) is 9.47 Å². The van der Waals surface area contributed by atoms with Crippen molar-refractivity contribution in [3.05, 3.63) is 95.1 Å². The molecule has 0 radical (unpaired) electrons. The summed E-state index contributed by atoms with van der Waals surface area (Å²) in [6.45, 7) is 6.34. The summed E-state index contributed by atoms with van der Waals surface area (Å²) in [5, 5.41) is 0. The summed E-state index contributed by atoms with van der Waals surface area (Å²) in [5.41, 5.74) is 4.45. The Morgan fingerprint density at radius 3 is 2.10 bits per heavy atom. The molecule has 6 nitrogen and oxygen atoms in total. The topological polar surface area (TPSA) is 45.3 Å². The summed E-state index contributed by atoms with van der Waals surface area (Å²) in [4.78, 5) is 20.2. The summed E-state index contributed by atoms with van der Waals surface area (Å²) >= 11 is 0. The molecule has 0 saturated carbocycles. The number of piperidine rings is 1. The van der Waals surface area contributed by atoms with E-state index in [1.165, 1.54) is 16.7 Å². The molecule has 0 unspecified atom stereocenters. The van der Waals surface area contributed by atoms with E-state index in [0.717, 1.165) is 82.1 Å². The van der Waals surface area contributed by atoms with Crippen molar-refractivity contribution in [2.75, 3.05) is 60.5 Å². The molecular weight excluding hydrogens is 486 g/mol. The number of likely N-dealkylation sites (tertiary alicyclic amines) is 1. The minimum Gasteiger partial charge on any atom is -0.497 e. The molecular formula is C33H41N3O3. The molecule has 2 aliphatic rings. The number of benzene rings is 3. The predicted molar refractivity (Wildman–Crippen MR) is 156 cm³/mol. The summed E-state index contributed by atoms with van der Waals surface area (Å²) in [5.74, 6) is 1.89. The fraction of sp³-hybridized carbons (Fsp3) is 0.424. The van der Waals surface area contributed by atoms with Crippen LogP contribution in [-0.4, -0.2) is 81.1 Å². The maximum Gasteiger partial charge on any atom is 0.253 e. The van der Waals surface area contributed by atoms with Crippen LogP contribution in [0.15, 0.2) is 72.8 Å². The van der Waals surface area contributed by atoms with Crippen molar-refractivity contribution in [2.24, 2.45) is 0 Å². The average molecular weight is 528 g/mol. The van der Waals surface area contributed by atoms with Gasteiger partial charge in [0.25, 0.3) is 5.91 Å². The van der Waals surface area contributed by atoms with Crippen LogP contribution in [0.2, 0.25) is 0 Å². The summed E-state index contributed by atoms with van der Waals surface area (Å²) in [6, 6.07) is 25.4. The van der Waals surface area contributed by atoms with Gasteiger partial charge in [-0.1, -0.05) is 36.4 Å². The van der Waals surface area contributed by atoms with E-state index in [-0.39, 0.29) is 11.3 Å². The molecule has 3 aromatic carbocycles. The summed E-state index contributed by atoms with van der Waals surface area (Å²) in [7, 11) is 5.55. The SMILES string of the molecule is COc1ccc(C2(c3ccc(OC)cc3)CCCN(Cc3cccc(C(=O)N4CCCN(C)CC4)c3)C2)cc1. The first-order chi connectivity index (χ1) is 19.0. The largest absolute Gasteiger partial charge is 0.497 e. The first-order valence-electron chi connectivity index (χ1n) is 14.1. The van der Waals surface area contributed by atoms with Gasteiger partial charge < -0.3 is 19.3 Å². The smallest absolute Gasteiger partial charge is 0.253 e. The van der Waals surface area contributed by atoms with Gasteiger partial charge in [0, 0.05) is 43.7 Å². The number of carbonyl (C=O) groups is 1. The Morgan fingerprint density at radius 1 is 0.795 bits per heavy atom. The standard InChI is InChI=1S/C33H41N3O3/c1-34-18-6-20-36(22-21-34)32(37)27-8-4-7-26(23-27)24-35-19-5-17-33(25-35,28-9-13-30(38-2)14-10-28)29-11-15-31(39-3)16-12-29/h4,7-16,23H,5-6,17-22,24-25H2,1-3H3. The number of ether oxygens (including phenoxy) is 2. The second kappa shape index (κ2) is 12.2. The Balaban J connectivity index is 1.38. The van der Waals surface area contributed by atoms with Gasteiger partial charge in [0.05, 0.1) is 14.2 Å². The van der Waals surface area contributed by atoms with Crippen LogP contribution in [0.25, 0.3) is 0 Å². The van der Waals surface area contributed by atoms with Crippen LogP contribution < -0.4 is 9.47 Å². The number of likely N-dealkylation sites (N-methyl/N-ethyl adjacent to an activating group) is 1. The van der Waals surface area contributed by atoms with Crippen LogP contribution in [0.1, 0.15) is 46.3 Å². The van der Waals surface area contributed by atoms with Crippen LogP contribution >= 0.6 is 0 Å². The van der Waals surface area contributed by atoms with Gasteiger partial charge in [0.1, 0.15) is 11.5 Å². The molecule has 0 aromatic heterocycles. The van der Waals surface area contributed by atoms with Gasteiger partial charge in [-0.05, 0) is 92.5 Å². The molecule has 1 amide bonds. The van der Waals surface area contributed by atoms with E-state index in [0.29, 0.717) is 0 Å². The molecule has 39 heavy (non-hydrogen) atoms. The number of carbonyl (C=O) groups excluding carboxylic acids is 1. The van der Waals surface area contributed by atoms with E-state index in [1.807, 2.05) is 17.0 Å². The van der Waals surface area contributed by atoms with Gasteiger partial charge in [0.2, 0.25) is 0 Å². The van der Waals surface area contributed by atoms with E-state index in [2.05, 4.69) is 77.5 Å². The summed E-state index contributed by atoms with van der Waals surface area (Å²) < 4.78 is 10.9. The van der Waals surface area contributed by atoms with Crippen molar-refractivity contribution in [1.29, 1.82) is 0 Å². The number of rotatable bonds is 7. The Kier molecular flexibility index (Phi) is 8.53. The van der Waals surface area contributed by atoms with Crippen molar-refractivity contribution >= 4 is 5.91 Å². The highest BCUT2D eigenvalue weighted by Crippen LogP contribution is 2.42. The number of methoxy groups -OCH3 is 2. The Morgan fingerprint density at radius 2 is 1.46 bits per heavy atom. The quantitative estimate of drug-likeness (QED) is 0.430. The predicted octanol–water partition coefficient (Wildman–Crippen LogP) is 5.06. The Bertz CT molecular complexity index is 1190. The molecule has 2 heterocycles. The van der Waals surface area contributed by atoms with Crippen molar-refractivity contribution in [3.8, 4) is 11.5 Å². The van der Waals surface area contributed by atoms with Crippen molar-refractivity contribution in [2.45, 2.75) is 31.2 Å². The average Bonchev–Trinajstić information content (AvgIpc) is 3.21. The maximum atomic E-state index is 13.4. The van der Waals surface area contributed by atoms with Gasteiger partial charge in [0.15, 0.2) is 0 Å². The van der Waals surface area contributed by atoms with Gasteiger partial charge >= 0.3 is 0 Å². The highest BCUT2D eigenvalue weighted by molar-refractivity contribution is 5.94. The van der Waals surface area contributed by atoms with Crippen LogP contribution in [-0.2, 0) is 12.0 Å². The highest BCUT2D eigenvalue weighted by atomic mass is 16.5. The molecule has 2 saturated heterocycles.